The van der Waals surface area contributed by atoms with E-state index in [9.17, 15) is 9.59 Å². The molecule has 0 unspecified atom stereocenters. The summed E-state index contributed by atoms with van der Waals surface area (Å²) in [5, 5.41) is 12.6. The predicted octanol–water partition coefficient (Wildman–Crippen LogP) is 3.96. The van der Waals surface area contributed by atoms with Crippen molar-refractivity contribution < 1.29 is 4.79 Å². The van der Waals surface area contributed by atoms with E-state index in [2.05, 4.69) is 22.4 Å². The van der Waals surface area contributed by atoms with E-state index in [4.69, 9.17) is 0 Å². The summed E-state index contributed by atoms with van der Waals surface area (Å²) < 4.78 is 2.96. The number of para-hydroxylation sites is 1. The van der Waals surface area contributed by atoms with E-state index in [0.29, 0.717) is 22.3 Å². The zero-order valence-electron chi connectivity index (χ0n) is 18.1. The van der Waals surface area contributed by atoms with Crippen LogP contribution in [0.5, 0.6) is 0 Å². The summed E-state index contributed by atoms with van der Waals surface area (Å²) in [5.74, 6) is -0.309. The van der Waals surface area contributed by atoms with E-state index in [-0.39, 0.29) is 11.5 Å². The van der Waals surface area contributed by atoms with Crippen molar-refractivity contribution in [3.05, 3.63) is 81.9 Å². The Bertz CT molecular complexity index is 1300. The fourth-order valence-electron chi connectivity index (χ4n) is 3.72. The highest BCUT2D eigenvalue weighted by atomic mass is 16.2. The number of rotatable bonds is 5. The van der Waals surface area contributed by atoms with Crippen molar-refractivity contribution >= 4 is 22.5 Å². The minimum Gasteiger partial charge on any atom is -0.324 e. The Labute approximate surface area is 180 Å². The first-order chi connectivity index (χ1) is 14.9. The van der Waals surface area contributed by atoms with Gasteiger partial charge in [0.05, 0.1) is 22.5 Å². The van der Waals surface area contributed by atoms with Crippen molar-refractivity contribution in [2.45, 2.75) is 40.2 Å². The minimum atomic E-state index is -0.788. The zero-order chi connectivity index (χ0) is 22.1. The van der Waals surface area contributed by atoms with Gasteiger partial charge in [-0.05, 0) is 57.0 Å². The van der Waals surface area contributed by atoms with Crippen LogP contribution in [0.4, 0.5) is 5.69 Å². The molecule has 0 radical (unpaired) electrons. The Morgan fingerprint density at radius 2 is 1.71 bits per heavy atom. The highest BCUT2D eigenvalue weighted by molar-refractivity contribution is 5.93. The average molecular weight is 415 g/mol. The van der Waals surface area contributed by atoms with Gasteiger partial charge in [0.15, 0.2) is 5.52 Å². The van der Waals surface area contributed by atoms with Crippen LogP contribution in [0.15, 0.2) is 59.4 Å². The van der Waals surface area contributed by atoms with Gasteiger partial charge in [-0.1, -0.05) is 37.3 Å². The molecule has 0 bridgehead atoms. The Hall–Kier alpha value is -3.74. The largest absolute Gasteiger partial charge is 0.324 e. The van der Waals surface area contributed by atoms with E-state index < -0.39 is 6.04 Å². The van der Waals surface area contributed by atoms with Crippen LogP contribution >= 0.6 is 0 Å². The van der Waals surface area contributed by atoms with Crippen molar-refractivity contribution in [1.82, 2.24) is 19.6 Å². The molecule has 7 nitrogen and oxygen atoms in total. The Kier molecular flexibility index (Phi) is 5.42. The van der Waals surface area contributed by atoms with Crippen molar-refractivity contribution in [3.8, 4) is 5.69 Å². The van der Waals surface area contributed by atoms with Gasteiger partial charge in [0, 0.05) is 5.69 Å². The molecule has 2 aromatic carbocycles. The van der Waals surface area contributed by atoms with Crippen LogP contribution in [0.3, 0.4) is 0 Å². The van der Waals surface area contributed by atoms with E-state index in [0.717, 1.165) is 17.8 Å². The van der Waals surface area contributed by atoms with Crippen molar-refractivity contribution in [2.24, 2.45) is 0 Å². The van der Waals surface area contributed by atoms with E-state index in [1.54, 1.807) is 11.6 Å². The molecule has 0 aliphatic heterocycles. The Morgan fingerprint density at radius 3 is 2.35 bits per heavy atom. The fourth-order valence-corrected chi connectivity index (χ4v) is 3.72. The van der Waals surface area contributed by atoms with Gasteiger partial charge in [-0.3, -0.25) is 9.59 Å². The molecule has 7 heteroatoms. The number of amides is 1. The molecule has 2 aromatic heterocycles. The van der Waals surface area contributed by atoms with Gasteiger partial charge >= 0.3 is 0 Å². The van der Waals surface area contributed by atoms with Gasteiger partial charge in [-0.15, -0.1) is 0 Å². The third-order valence-corrected chi connectivity index (χ3v) is 5.52. The van der Waals surface area contributed by atoms with Gasteiger partial charge in [0.25, 0.3) is 5.56 Å². The second-order valence-corrected chi connectivity index (χ2v) is 7.61. The van der Waals surface area contributed by atoms with Crippen molar-refractivity contribution in [1.29, 1.82) is 0 Å². The summed E-state index contributed by atoms with van der Waals surface area (Å²) >= 11 is 0. The topological polar surface area (TPSA) is 81.8 Å². The molecule has 0 aliphatic carbocycles. The van der Waals surface area contributed by atoms with Gasteiger partial charge < -0.3 is 5.32 Å². The van der Waals surface area contributed by atoms with Crippen LogP contribution in [0, 0.1) is 13.8 Å². The monoisotopic (exact) mass is 415 g/mol. The molecular formula is C24H25N5O2. The van der Waals surface area contributed by atoms with Crippen LogP contribution in [0.25, 0.3) is 16.6 Å². The summed E-state index contributed by atoms with van der Waals surface area (Å²) in [4.78, 5) is 26.0. The Balaban J connectivity index is 1.71. The summed E-state index contributed by atoms with van der Waals surface area (Å²) in [5.41, 5.74) is 4.15. The number of aromatic nitrogens is 4. The SMILES string of the molecule is CCc1ccc(NC(=O)[C@H](C)n2nc(C)c3c(C)n(-c4ccccc4)nc3c2=O)cc1. The van der Waals surface area contributed by atoms with E-state index >= 15 is 0 Å². The molecule has 0 spiro atoms. The highest BCUT2D eigenvalue weighted by Gasteiger charge is 2.23. The van der Waals surface area contributed by atoms with E-state index in [1.165, 1.54) is 10.2 Å². The normalized spacial score (nSPS) is 12.1. The van der Waals surface area contributed by atoms with Gasteiger partial charge in [-0.25, -0.2) is 9.36 Å². The lowest BCUT2D eigenvalue weighted by Crippen LogP contribution is -2.34. The molecular weight excluding hydrogens is 390 g/mol. The molecule has 1 amide bonds. The van der Waals surface area contributed by atoms with Crippen LogP contribution in [-0.4, -0.2) is 25.5 Å². The first-order valence-corrected chi connectivity index (χ1v) is 10.3. The number of nitrogens with one attached hydrogen (secondary N) is 1. The predicted molar refractivity (Wildman–Crippen MR) is 122 cm³/mol. The number of hydrogen-bond acceptors (Lipinski definition) is 4. The van der Waals surface area contributed by atoms with E-state index in [1.807, 2.05) is 68.4 Å². The lowest BCUT2D eigenvalue weighted by molar-refractivity contribution is -0.119. The molecule has 1 atom stereocenters. The minimum absolute atomic E-state index is 0.306. The van der Waals surface area contributed by atoms with Gasteiger partial charge in [-0.2, -0.15) is 10.2 Å². The smallest absolute Gasteiger partial charge is 0.295 e. The number of aryl methyl sites for hydroxylation is 3. The maximum Gasteiger partial charge on any atom is 0.295 e. The number of nitrogens with zero attached hydrogens (tertiary/aromatic N) is 4. The first kappa shape index (κ1) is 20.5. The lowest BCUT2D eigenvalue weighted by Gasteiger charge is -2.15. The van der Waals surface area contributed by atoms with Crippen LogP contribution in [0.2, 0.25) is 0 Å². The standard InChI is InChI=1S/C24H25N5O2/c1-5-18-11-13-19(14-12-18)25-23(30)17(4)29-24(31)22-21(15(2)26-29)16(3)28(27-22)20-9-7-6-8-10-20/h6-14,17H,5H2,1-4H3,(H,25,30)/t17-/m0/s1. The maximum atomic E-state index is 13.2. The quantitative estimate of drug-likeness (QED) is 0.535. The first-order valence-electron chi connectivity index (χ1n) is 10.3. The van der Waals surface area contributed by atoms with Crippen LogP contribution in [0.1, 0.15) is 36.8 Å². The molecule has 31 heavy (non-hydrogen) atoms. The number of benzene rings is 2. The molecule has 0 aliphatic rings. The van der Waals surface area contributed by atoms with Gasteiger partial charge in [0.1, 0.15) is 6.04 Å². The number of hydrogen-bond donors (Lipinski definition) is 1. The number of fused-ring (bicyclic) bond motifs is 1. The van der Waals surface area contributed by atoms with Crippen LogP contribution in [-0.2, 0) is 11.2 Å². The molecule has 0 saturated carbocycles. The van der Waals surface area contributed by atoms with Crippen molar-refractivity contribution in [3.63, 3.8) is 0 Å². The summed E-state index contributed by atoms with van der Waals surface area (Å²) in [6.07, 6.45) is 0.929. The summed E-state index contributed by atoms with van der Waals surface area (Å²) in [7, 11) is 0. The van der Waals surface area contributed by atoms with Crippen LogP contribution < -0.4 is 10.9 Å². The third-order valence-electron chi connectivity index (χ3n) is 5.52. The van der Waals surface area contributed by atoms with Gasteiger partial charge in [0.2, 0.25) is 5.91 Å². The molecule has 2 heterocycles. The summed E-state index contributed by atoms with van der Waals surface area (Å²) in [6.45, 7) is 7.48. The third kappa shape index (κ3) is 3.74. The lowest BCUT2D eigenvalue weighted by atomic mass is 10.1. The Morgan fingerprint density at radius 1 is 1.03 bits per heavy atom. The fraction of sp³-hybridized carbons (Fsp3) is 0.250. The second-order valence-electron chi connectivity index (χ2n) is 7.61. The molecule has 4 aromatic rings. The van der Waals surface area contributed by atoms with Crippen molar-refractivity contribution in [2.75, 3.05) is 5.32 Å². The molecule has 4 rings (SSSR count). The average Bonchev–Trinajstić information content (AvgIpc) is 3.15. The highest BCUT2D eigenvalue weighted by Crippen LogP contribution is 2.22. The maximum absolute atomic E-state index is 13.2. The second kappa shape index (κ2) is 8.18. The summed E-state index contributed by atoms with van der Waals surface area (Å²) in [6, 6.07) is 16.5. The number of carbonyl (C=O) groups excluding carboxylic acids is 1. The number of anilines is 1. The number of carbonyl (C=O) groups is 1. The molecule has 1 N–H and O–H groups in total. The zero-order valence-corrected chi connectivity index (χ0v) is 18.1. The molecule has 0 fully saturated rings. The molecule has 158 valence electrons. The molecule has 0 saturated heterocycles.